The van der Waals surface area contributed by atoms with Gasteiger partial charge in [-0.2, -0.15) is 0 Å². The topological polar surface area (TPSA) is 93.5 Å². The number of amides is 2. The van der Waals surface area contributed by atoms with Crippen molar-refractivity contribution in [2.75, 3.05) is 25.0 Å². The summed E-state index contributed by atoms with van der Waals surface area (Å²) in [7, 11) is 0. The first kappa shape index (κ1) is 21.2. The fourth-order valence-corrected chi connectivity index (χ4v) is 1.79. The summed E-state index contributed by atoms with van der Waals surface area (Å²) in [6.45, 7) is 5.22. The highest BCUT2D eigenvalue weighted by atomic mass is 35.5. The molecule has 4 N–H and O–H groups in total. The van der Waals surface area contributed by atoms with Crippen molar-refractivity contribution in [2.45, 2.75) is 26.7 Å². The lowest BCUT2D eigenvalue weighted by molar-refractivity contribution is -0.121. The van der Waals surface area contributed by atoms with Crippen LogP contribution in [0.25, 0.3) is 0 Å². The van der Waals surface area contributed by atoms with E-state index in [0.29, 0.717) is 43.5 Å². The predicted octanol–water partition coefficient (Wildman–Crippen LogP) is 1.94. The highest BCUT2D eigenvalue weighted by molar-refractivity contribution is 5.91. The molecule has 130 valence electrons. The van der Waals surface area contributed by atoms with Crippen LogP contribution >= 0.6 is 12.4 Å². The second kappa shape index (κ2) is 11.7. The Bertz CT molecular complexity index is 478. The average molecular weight is 344 g/mol. The minimum Gasteiger partial charge on any atom is -0.492 e. The summed E-state index contributed by atoms with van der Waals surface area (Å²) >= 11 is 0. The van der Waals surface area contributed by atoms with Crippen LogP contribution < -0.4 is 21.1 Å². The highest BCUT2D eigenvalue weighted by Crippen LogP contribution is 2.15. The fourth-order valence-electron chi connectivity index (χ4n) is 1.79. The van der Waals surface area contributed by atoms with Crippen LogP contribution in [-0.4, -0.2) is 31.5 Å². The van der Waals surface area contributed by atoms with Gasteiger partial charge in [-0.15, -0.1) is 12.4 Å². The Balaban J connectivity index is 0.00000484. The number of benzene rings is 1. The van der Waals surface area contributed by atoms with Gasteiger partial charge in [-0.25, -0.2) is 0 Å². The summed E-state index contributed by atoms with van der Waals surface area (Å²) in [5.74, 6) is 0.864. The zero-order valence-corrected chi connectivity index (χ0v) is 14.4. The minimum atomic E-state index is -0.138. The summed E-state index contributed by atoms with van der Waals surface area (Å²) in [6, 6.07) is 7.08. The molecule has 0 bridgehead atoms. The van der Waals surface area contributed by atoms with Gasteiger partial charge < -0.3 is 21.1 Å². The molecule has 0 aromatic heterocycles. The van der Waals surface area contributed by atoms with Crippen LogP contribution in [0, 0.1) is 5.92 Å². The molecule has 0 atom stereocenters. The van der Waals surface area contributed by atoms with Crippen LogP contribution in [0.2, 0.25) is 0 Å². The summed E-state index contributed by atoms with van der Waals surface area (Å²) in [4.78, 5) is 23.2. The second-order valence-corrected chi connectivity index (χ2v) is 5.41. The lowest BCUT2D eigenvalue weighted by Gasteiger charge is -2.09. The van der Waals surface area contributed by atoms with Crippen LogP contribution in [-0.2, 0) is 9.59 Å². The average Bonchev–Trinajstić information content (AvgIpc) is 2.45. The molecule has 0 unspecified atom stereocenters. The van der Waals surface area contributed by atoms with E-state index < -0.39 is 0 Å². The predicted molar refractivity (Wildman–Crippen MR) is 94.0 cm³/mol. The van der Waals surface area contributed by atoms with E-state index >= 15 is 0 Å². The molecule has 6 nitrogen and oxygen atoms in total. The molecule has 0 aliphatic carbocycles. The zero-order valence-electron chi connectivity index (χ0n) is 13.6. The van der Waals surface area contributed by atoms with Crippen molar-refractivity contribution >= 4 is 29.9 Å². The van der Waals surface area contributed by atoms with Crippen molar-refractivity contribution < 1.29 is 14.3 Å². The number of rotatable bonds is 9. The van der Waals surface area contributed by atoms with E-state index in [1.165, 1.54) is 0 Å². The first-order chi connectivity index (χ1) is 10.5. The number of anilines is 1. The third-order valence-electron chi connectivity index (χ3n) is 2.79. The number of carbonyl (C=O) groups excluding carboxylic acids is 2. The molecule has 1 rings (SSSR count). The zero-order chi connectivity index (χ0) is 16.4. The summed E-state index contributed by atoms with van der Waals surface area (Å²) in [6.07, 6.45) is 0.723. The second-order valence-electron chi connectivity index (χ2n) is 5.41. The third kappa shape index (κ3) is 9.76. The monoisotopic (exact) mass is 343 g/mol. The number of hydrogen-bond donors (Lipinski definition) is 3. The van der Waals surface area contributed by atoms with E-state index in [4.69, 9.17) is 10.5 Å². The Labute approximate surface area is 143 Å². The maximum atomic E-state index is 11.8. The summed E-state index contributed by atoms with van der Waals surface area (Å²) in [5.41, 5.74) is 6.05. The molecular formula is C16H26ClN3O3. The van der Waals surface area contributed by atoms with Crippen molar-refractivity contribution in [1.82, 2.24) is 5.32 Å². The molecule has 0 saturated carbocycles. The number of nitrogens with one attached hydrogen (secondary N) is 2. The fraction of sp³-hybridized carbons (Fsp3) is 0.500. The Morgan fingerprint density at radius 1 is 1.17 bits per heavy atom. The van der Waals surface area contributed by atoms with E-state index in [-0.39, 0.29) is 30.6 Å². The summed E-state index contributed by atoms with van der Waals surface area (Å²) in [5, 5.41) is 5.50. The first-order valence-electron chi connectivity index (χ1n) is 7.50. The molecule has 23 heavy (non-hydrogen) atoms. The molecule has 2 amide bonds. The van der Waals surface area contributed by atoms with Gasteiger partial charge in [-0.3, -0.25) is 9.59 Å². The van der Waals surface area contributed by atoms with Crippen molar-refractivity contribution in [3.8, 4) is 5.75 Å². The molecule has 0 heterocycles. The van der Waals surface area contributed by atoms with Crippen LogP contribution in [0.4, 0.5) is 5.69 Å². The quantitative estimate of drug-likeness (QED) is 0.638. The number of hydrogen-bond acceptors (Lipinski definition) is 4. The van der Waals surface area contributed by atoms with Crippen LogP contribution in [0.3, 0.4) is 0 Å². The van der Waals surface area contributed by atoms with Gasteiger partial charge in [0, 0.05) is 31.6 Å². The van der Waals surface area contributed by atoms with Crippen molar-refractivity contribution in [3.05, 3.63) is 24.3 Å². The molecule has 0 spiro atoms. The number of carbonyl (C=O) groups is 2. The molecule has 1 aromatic carbocycles. The SMILES string of the molecule is CC(C)CC(=O)NCCC(=O)Nc1ccc(OCCN)cc1.Cl. The van der Waals surface area contributed by atoms with E-state index in [9.17, 15) is 9.59 Å². The van der Waals surface area contributed by atoms with Crippen molar-refractivity contribution in [2.24, 2.45) is 11.7 Å². The molecule has 0 aliphatic heterocycles. The lowest BCUT2D eigenvalue weighted by atomic mass is 10.1. The maximum Gasteiger partial charge on any atom is 0.226 e. The molecule has 7 heteroatoms. The minimum absolute atomic E-state index is 0. The standard InChI is InChI=1S/C16H25N3O3.ClH/c1-12(2)11-16(21)18-9-7-15(20)19-13-3-5-14(6-4-13)22-10-8-17;/h3-6,12H,7-11,17H2,1-2H3,(H,18,21)(H,19,20);1H. The van der Waals surface area contributed by atoms with Gasteiger partial charge in [-0.1, -0.05) is 13.8 Å². The Morgan fingerprint density at radius 3 is 2.39 bits per heavy atom. The van der Waals surface area contributed by atoms with Gasteiger partial charge in [-0.05, 0) is 30.2 Å². The largest absolute Gasteiger partial charge is 0.492 e. The van der Waals surface area contributed by atoms with E-state index in [0.717, 1.165) is 0 Å². The van der Waals surface area contributed by atoms with Gasteiger partial charge in [0.1, 0.15) is 12.4 Å². The third-order valence-corrected chi connectivity index (χ3v) is 2.79. The van der Waals surface area contributed by atoms with Gasteiger partial charge in [0.05, 0.1) is 0 Å². The Kier molecular flexibility index (Phi) is 10.8. The number of ether oxygens (including phenoxy) is 1. The van der Waals surface area contributed by atoms with Gasteiger partial charge in [0.25, 0.3) is 0 Å². The number of halogens is 1. The lowest BCUT2D eigenvalue weighted by Crippen LogP contribution is -2.28. The smallest absolute Gasteiger partial charge is 0.226 e. The van der Waals surface area contributed by atoms with Crippen LogP contribution in [0.1, 0.15) is 26.7 Å². The highest BCUT2D eigenvalue weighted by Gasteiger charge is 2.06. The molecule has 0 fully saturated rings. The molecule has 0 saturated heterocycles. The van der Waals surface area contributed by atoms with Gasteiger partial charge in [0.2, 0.25) is 11.8 Å². The van der Waals surface area contributed by atoms with Gasteiger partial charge in [0.15, 0.2) is 0 Å². The van der Waals surface area contributed by atoms with Gasteiger partial charge >= 0.3 is 0 Å². The Morgan fingerprint density at radius 2 is 1.83 bits per heavy atom. The van der Waals surface area contributed by atoms with Crippen LogP contribution in [0.5, 0.6) is 5.75 Å². The van der Waals surface area contributed by atoms with E-state index in [1.54, 1.807) is 24.3 Å². The normalized spacial score (nSPS) is 9.91. The number of nitrogens with two attached hydrogens (primary N) is 1. The van der Waals surface area contributed by atoms with Crippen LogP contribution in [0.15, 0.2) is 24.3 Å². The maximum absolute atomic E-state index is 11.8. The molecule has 1 aromatic rings. The molecular weight excluding hydrogens is 318 g/mol. The van der Waals surface area contributed by atoms with Crippen molar-refractivity contribution in [3.63, 3.8) is 0 Å². The van der Waals surface area contributed by atoms with Crippen molar-refractivity contribution in [1.29, 1.82) is 0 Å². The van der Waals surface area contributed by atoms with E-state index in [1.807, 2.05) is 13.8 Å². The molecule has 0 aliphatic rings. The summed E-state index contributed by atoms with van der Waals surface area (Å²) < 4.78 is 5.35. The molecule has 0 radical (unpaired) electrons. The van der Waals surface area contributed by atoms with E-state index in [2.05, 4.69) is 10.6 Å². The Hall–Kier alpha value is -1.79. The first-order valence-corrected chi connectivity index (χ1v) is 7.50.